The van der Waals surface area contributed by atoms with Crippen molar-refractivity contribution < 1.29 is 27.1 Å². The largest absolute Gasteiger partial charge is 0.445 e. The van der Waals surface area contributed by atoms with Gasteiger partial charge < -0.3 is 4.74 Å². The third kappa shape index (κ3) is 4.20. The van der Waals surface area contributed by atoms with Gasteiger partial charge in [-0.15, -0.1) is 0 Å². The van der Waals surface area contributed by atoms with Gasteiger partial charge in [0.05, 0.1) is 11.6 Å². The predicted octanol–water partition coefficient (Wildman–Crippen LogP) is 6.19. The van der Waals surface area contributed by atoms with Gasteiger partial charge in [-0.3, -0.25) is 4.90 Å². The van der Waals surface area contributed by atoms with Crippen molar-refractivity contribution in [1.29, 1.82) is 0 Å². The lowest BCUT2D eigenvalue weighted by Gasteiger charge is -2.44. The summed E-state index contributed by atoms with van der Waals surface area (Å²) in [5.41, 5.74) is 0.462. The standard InChI is InChI=1S/C23H21F4NO2/c24-21-10-9-17(23(25,26)27)13-20(21)16-11-18-7-4-8-19(12-16)28(18)22(29)30-14-15-5-2-1-3-6-15/h1-3,5-6,9-11,13,18-19H,4,7-8,12,14H2. The van der Waals surface area contributed by atoms with Crippen LogP contribution >= 0.6 is 0 Å². The van der Waals surface area contributed by atoms with Crippen LogP contribution in [0.2, 0.25) is 0 Å². The molecular weight excluding hydrogens is 398 g/mol. The first kappa shape index (κ1) is 20.4. The highest BCUT2D eigenvalue weighted by Gasteiger charge is 2.39. The molecular formula is C23H21F4NO2. The number of amides is 1. The molecule has 2 bridgehead atoms. The second kappa shape index (κ2) is 8.13. The van der Waals surface area contributed by atoms with Gasteiger partial charge in [-0.05, 0) is 55.0 Å². The molecule has 158 valence electrons. The van der Waals surface area contributed by atoms with E-state index in [0.29, 0.717) is 24.8 Å². The number of benzene rings is 2. The number of hydrogen-bond acceptors (Lipinski definition) is 2. The summed E-state index contributed by atoms with van der Waals surface area (Å²) in [4.78, 5) is 14.4. The fraction of sp³-hybridized carbons (Fsp3) is 0.348. The van der Waals surface area contributed by atoms with Crippen molar-refractivity contribution >= 4 is 11.7 Å². The molecule has 2 aliphatic rings. The SMILES string of the molecule is O=C(OCc1ccccc1)N1C2C=C(c3cc(C(F)(F)F)ccc3F)CC1CCC2. The molecule has 7 heteroatoms. The lowest BCUT2D eigenvalue weighted by Crippen LogP contribution is -2.51. The molecule has 30 heavy (non-hydrogen) atoms. The highest BCUT2D eigenvalue weighted by molar-refractivity contribution is 5.75. The van der Waals surface area contributed by atoms with Gasteiger partial charge in [0, 0.05) is 11.6 Å². The molecule has 3 nitrogen and oxygen atoms in total. The van der Waals surface area contributed by atoms with Gasteiger partial charge in [-0.25, -0.2) is 9.18 Å². The summed E-state index contributed by atoms with van der Waals surface area (Å²) < 4.78 is 59.1. The number of rotatable bonds is 3. The van der Waals surface area contributed by atoms with E-state index in [1.165, 1.54) is 0 Å². The zero-order valence-electron chi connectivity index (χ0n) is 16.2. The van der Waals surface area contributed by atoms with Crippen LogP contribution in [0.5, 0.6) is 0 Å². The number of nitrogens with zero attached hydrogens (tertiary/aromatic N) is 1. The Labute approximate surface area is 171 Å². The van der Waals surface area contributed by atoms with Crippen molar-refractivity contribution in [2.24, 2.45) is 0 Å². The molecule has 0 radical (unpaired) electrons. The first-order valence-electron chi connectivity index (χ1n) is 9.90. The molecule has 1 saturated heterocycles. The fourth-order valence-electron chi connectivity index (χ4n) is 4.26. The normalized spacial score (nSPS) is 21.2. The highest BCUT2D eigenvalue weighted by Crippen LogP contribution is 2.40. The lowest BCUT2D eigenvalue weighted by atomic mass is 9.82. The monoisotopic (exact) mass is 419 g/mol. The van der Waals surface area contributed by atoms with E-state index in [2.05, 4.69) is 0 Å². The van der Waals surface area contributed by atoms with E-state index in [9.17, 15) is 22.4 Å². The number of piperidine rings is 1. The maximum absolute atomic E-state index is 14.4. The third-order valence-electron chi connectivity index (χ3n) is 5.69. The summed E-state index contributed by atoms with van der Waals surface area (Å²) in [5, 5.41) is 0. The Morgan fingerprint density at radius 3 is 2.57 bits per heavy atom. The van der Waals surface area contributed by atoms with Crippen LogP contribution in [0.15, 0.2) is 54.6 Å². The zero-order chi connectivity index (χ0) is 21.3. The van der Waals surface area contributed by atoms with Crippen LogP contribution < -0.4 is 0 Å². The molecule has 0 N–H and O–H groups in total. The van der Waals surface area contributed by atoms with Crippen LogP contribution in [0.1, 0.15) is 42.4 Å². The van der Waals surface area contributed by atoms with Crippen molar-refractivity contribution in [3.63, 3.8) is 0 Å². The minimum atomic E-state index is -4.54. The van der Waals surface area contributed by atoms with Crippen molar-refractivity contribution in [2.75, 3.05) is 0 Å². The molecule has 0 aromatic heterocycles. The maximum Gasteiger partial charge on any atom is 0.416 e. The van der Waals surface area contributed by atoms with Crippen molar-refractivity contribution in [2.45, 2.75) is 50.6 Å². The van der Waals surface area contributed by atoms with E-state index in [1.807, 2.05) is 30.3 Å². The summed E-state index contributed by atoms with van der Waals surface area (Å²) in [6.45, 7) is 0.147. The summed E-state index contributed by atoms with van der Waals surface area (Å²) in [6.07, 6.45) is -0.704. The number of carbonyl (C=O) groups excluding carboxylic acids is 1. The predicted molar refractivity (Wildman–Crippen MR) is 104 cm³/mol. The molecule has 2 aliphatic heterocycles. The number of fused-ring (bicyclic) bond motifs is 2. The van der Waals surface area contributed by atoms with E-state index in [4.69, 9.17) is 4.74 Å². The van der Waals surface area contributed by atoms with Gasteiger partial charge in [0.25, 0.3) is 0 Å². The Kier molecular flexibility index (Phi) is 5.54. The molecule has 0 spiro atoms. The number of alkyl halides is 3. The molecule has 1 amide bonds. The van der Waals surface area contributed by atoms with Gasteiger partial charge in [0.1, 0.15) is 12.4 Å². The average molecular weight is 419 g/mol. The number of halogens is 4. The minimum absolute atomic E-state index is 0.0426. The smallest absolute Gasteiger partial charge is 0.416 e. The van der Waals surface area contributed by atoms with Gasteiger partial charge in [-0.1, -0.05) is 36.4 Å². The summed E-state index contributed by atoms with van der Waals surface area (Å²) in [6, 6.07) is 11.2. The van der Waals surface area contributed by atoms with E-state index in [1.54, 1.807) is 11.0 Å². The van der Waals surface area contributed by atoms with E-state index in [0.717, 1.165) is 30.2 Å². The molecule has 1 fully saturated rings. The topological polar surface area (TPSA) is 29.5 Å². The fourth-order valence-corrected chi connectivity index (χ4v) is 4.26. The molecule has 2 heterocycles. The van der Waals surface area contributed by atoms with Crippen LogP contribution in [0.25, 0.3) is 5.57 Å². The van der Waals surface area contributed by atoms with Gasteiger partial charge in [0.15, 0.2) is 0 Å². The van der Waals surface area contributed by atoms with E-state index < -0.39 is 23.7 Å². The molecule has 0 saturated carbocycles. The molecule has 2 aromatic rings. The Morgan fingerprint density at radius 2 is 1.87 bits per heavy atom. The van der Waals surface area contributed by atoms with Gasteiger partial charge >= 0.3 is 12.3 Å². The zero-order valence-corrected chi connectivity index (χ0v) is 16.2. The highest BCUT2D eigenvalue weighted by atomic mass is 19.4. The average Bonchev–Trinajstić information content (AvgIpc) is 2.71. The minimum Gasteiger partial charge on any atom is -0.445 e. The molecule has 4 rings (SSSR count). The Hall–Kier alpha value is -2.83. The van der Waals surface area contributed by atoms with Gasteiger partial charge in [0.2, 0.25) is 0 Å². The van der Waals surface area contributed by atoms with Crippen LogP contribution in [-0.2, 0) is 17.5 Å². The Morgan fingerprint density at radius 1 is 1.10 bits per heavy atom. The second-order valence-electron chi connectivity index (χ2n) is 7.69. The maximum atomic E-state index is 14.4. The van der Waals surface area contributed by atoms with Gasteiger partial charge in [-0.2, -0.15) is 13.2 Å². The second-order valence-corrected chi connectivity index (χ2v) is 7.69. The first-order chi connectivity index (χ1) is 14.3. The Bertz CT molecular complexity index is 955. The van der Waals surface area contributed by atoms with Crippen molar-refractivity contribution in [1.82, 2.24) is 4.90 Å². The van der Waals surface area contributed by atoms with Crippen LogP contribution in [-0.4, -0.2) is 23.1 Å². The van der Waals surface area contributed by atoms with Crippen LogP contribution in [0, 0.1) is 5.82 Å². The molecule has 0 aliphatic carbocycles. The summed E-state index contributed by atoms with van der Waals surface area (Å²) >= 11 is 0. The quantitative estimate of drug-likeness (QED) is 0.555. The Balaban J connectivity index is 1.56. The lowest BCUT2D eigenvalue weighted by molar-refractivity contribution is -0.137. The number of hydrogen-bond donors (Lipinski definition) is 0. The third-order valence-corrected chi connectivity index (χ3v) is 5.69. The van der Waals surface area contributed by atoms with Crippen LogP contribution in [0.3, 0.4) is 0 Å². The van der Waals surface area contributed by atoms with Crippen molar-refractivity contribution in [3.8, 4) is 0 Å². The number of carbonyl (C=O) groups is 1. The molecule has 2 unspecified atom stereocenters. The van der Waals surface area contributed by atoms with Crippen LogP contribution in [0.4, 0.5) is 22.4 Å². The molecule has 2 aromatic carbocycles. The van der Waals surface area contributed by atoms with E-state index in [-0.39, 0.29) is 24.3 Å². The molecule has 2 atom stereocenters. The first-order valence-corrected chi connectivity index (χ1v) is 9.90. The van der Waals surface area contributed by atoms with Crippen molar-refractivity contribution in [3.05, 3.63) is 77.1 Å². The summed E-state index contributed by atoms with van der Waals surface area (Å²) in [5.74, 6) is -0.688. The summed E-state index contributed by atoms with van der Waals surface area (Å²) in [7, 11) is 0. The number of ether oxygens (including phenoxy) is 1. The van der Waals surface area contributed by atoms with E-state index >= 15 is 0 Å².